The molecule has 0 saturated carbocycles. The molecule has 0 aliphatic carbocycles. The van der Waals surface area contributed by atoms with Crippen molar-refractivity contribution in [3.8, 4) is 0 Å². The van der Waals surface area contributed by atoms with Crippen LogP contribution in [-0.2, 0) is 13.6 Å². The topological polar surface area (TPSA) is 47.9 Å². The molecule has 0 aromatic carbocycles. The minimum Gasteiger partial charge on any atom is -0.308 e. The van der Waals surface area contributed by atoms with Gasteiger partial charge in [0.2, 0.25) is 0 Å². The third-order valence-electron chi connectivity index (χ3n) is 2.90. The Balaban J connectivity index is 4.36. The molecule has 136 valence electrons. The van der Waals surface area contributed by atoms with E-state index in [1.165, 1.54) is 0 Å². The molecule has 0 spiro atoms. The van der Waals surface area contributed by atoms with Crippen molar-refractivity contribution < 1.29 is 13.6 Å². The first-order valence-electron chi connectivity index (χ1n) is 8.39. The van der Waals surface area contributed by atoms with Gasteiger partial charge in [-0.3, -0.25) is 4.57 Å². The fraction of sp³-hybridized carbons (Fsp3) is 0.941. The van der Waals surface area contributed by atoms with E-state index in [-0.39, 0.29) is 10.8 Å². The molecular weight excluding hydrogens is 329 g/mol. The number of hydrogen-bond acceptors (Lipinski definition) is 5. The molecule has 4 nitrogen and oxygen atoms in total. The molecule has 6 heteroatoms. The lowest BCUT2D eigenvalue weighted by molar-refractivity contribution is 0.123. The van der Waals surface area contributed by atoms with Crippen LogP contribution in [0, 0.1) is 10.8 Å². The maximum Gasteiger partial charge on any atom is 0.330 e. The first-order chi connectivity index (χ1) is 10.5. The fourth-order valence-corrected chi connectivity index (χ4v) is 3.85. The summed E-state index contributed by atoms with van der Waals surface area (Å²) in [5.74, 6) is 0. The highest BCUT2D eigenvalue weighted by Crippen LogP contribution is 2.51. The summed E-state index contributed by atoms with van der Waals surface area (Å²) in [7, 11) is -3.03. The highest BCUT2D eigenvalue weighted by atomic mass is 32.1. The van der Waals surface area contributed by atoms with E-state index in [4.69, 9.17) is 9.05 Å². The average molecular weight is 364 g/mol. The summed E-state index contributed by atoms with van der Waals surface area (Å²) in [5.41, 5.74) is -0.0566. The van der Waals surface area contributed by atoms with Gasteiger partial charge in [0.15, 0.2) is 0 Å². The Morgan fingerprint density at radius 1 is 0.913 bits per heavy atom. The molecule has 0 aliphatic heterocycles. The number of isothiocyanates is 1. The molecule has 0 amide bonds. The standard InChI is InChI=1S/C17H34NO3PS/c1-16(2,3)13-20-22(19,21-14-17(4,5)6)12-10-8-7-9-11-18-15-23/h7-14H2,1-6H3. The van der Waals surface area contributed by atoms with Crippen LogP contribution in [0.4, 0.5) is 0 Å². The van der Waals surface area contributed by atoms with Gasteiger partial charge in [-0.25, -0.2) is 4.99 Å². The molecule has 0 bridgehead atoms. The van der Waals surface area contributed by atoms with Gasteiger partial charge in [-0.05, 0) is 35.9 Å². The van der Waals surface area contributed by atoms with E-state index < -0.39 is 7.60 Å². The van der Waals surface area contributed by atoms with Crippen molar-refractivity contribution in [3.63, 3.8) is 0 Å². The number of rotatable bonds is 11. The Kier molecular flexibility index (Phi) is 10.7. The number of aliphatic imine (C=N–C) groups is 1. The fourth-order valence-electron chi connectivity index (χ4n) is 1.65. The molecule has 0 heterocycles. The first-order valence-corrected chi connectivity index (χ1v) is 10.5. The molecule has 0 rings (SSSR count). The number of thiocarbonyl (C=S) groups is 1. The Morgan fingerprint density at radius 3 is 1.83 bits per heavy atom. The van der Waals surface area contributed by atoms with Gasteiger partial charge in [0.25, 0.3) is 0 Å². The van der Waals surface area contributed by atoms with Gasteiger partial charge >= 0.3 is 7.60 Å². The van der Waals surface area contributed by atoms with Crippen LogP contribution >= 0.6 is 19.8 Å². The predicted octanol–water partition coefficient (Wildman–Crippen LogP) is 5.97. The van der Waals surface area contributed by atoms with E-state index in [0.29, 0.717) is 19.4 Å². The zero-order chi connectivity index (χ0) is 18.0. The zero-order valence-corrected chi connectivity index (χ0v) is 17.4. The zero-order valence-electron chi connectivity index (χ0n) is 15.7. The lowest BCUT2D eigenvalue weighted by Gasteiger charge is -2.27. The molecule has 0 saturated heterocycles. The van der Waals surface area contributed by atoms with Crippen molar-refractivity contribution in [3.05, 3.63) is 0 Å². The average Bonchev–Trinajstić information content (AvgIpc) is 2.41. The van der Waals surface area contributed by atoms with Crippen molar-refractivity contribution in [2.24, 2.45) is 15.8 Å². The minimum absolute atomic E-state index is 0.0283. The van der Waals surface area contributed by atoms with Crippen molar-refractivity contribution in [2.45, 2.75) is 67.2 Å². The van der Waals surface area contributed by atoms with Crippen LogP contribution in [0.15, 0.2) is 4.99 Å². The Labute approximate surface area is 148 Å². The van der Waals surface area contributed by atoms with Gasteiger partial charge in [0.1, 0.15) is 0 Å². The Bertz CT molecular complexity index is 399. The lowest BCUT2D eigenvalue weighted by Crippen LogP contribution is -2.18. The summed E-state index contributed by atoms with van der Waals surface area (Å²) in [4.78, 5) is 3.89. The van der Waals surface area contributed by atoms with Crippen LogP contribution in [0.2, 0.25) is 0 Å². The van der Waals surface area contributed by atoms with E-state index in [9.17, 15) is 4.57 Å². The highest BCUT2D eigenvalue weighted by molar-refractivity contribution is 7.78. The smallest absolute Gasteiger partial charge is 0.308 e. The number of unbranched alkanes of at least 4 members (excludes halogenated alkanes) is 3. The van der Waals surface area contributed by atoms with E-state index in [1.54, 1.807) is 0 Å². The summed E-state index contributed by atoms with van der Waals surface area (Å²) in [5, 5.41) is 2.37. The minimum atomic E-state index is -3.03. The maximum atomic E-state index is 13.0. The maximum absolute atomic E-state index is 13.0. The predicted molar refractivity (Wildman–Crippen MR) is 102 cm³/mol. The van der Waals surface area contributed by atoms with Crippen LogP contribution in [-0.4, -0.2) is 31.1 Å². The second-order valence-electron chi connectivity index (χ2n) is 8.39. The van der Waals surface area contributed by atoms with E-state index >= 15 is 0 Å². The van der Waals surface area contributed by atoms with Gasteiger partial charge in [-0.2, -0.15) is 0 Å². The van der Waals surface area contributed by atoms with Crippen molar-refractivity contribution in [1.29, 1.82) is 0 Å². The molecule has 0 N–H and O–H groups in total. The van der Waals surface area contributed by atoms with Crippen LogP contribution in [0.25, 0.3) is 0 Å². The quantitative estimate of drug-likeness (QED) is 0.196. The molecular formula is C17H34NO3PS. The third kappa shape index (κ3) is 15.2. The highest BCUT2D eigenvalue weighted by Gasteiger charge is 2.28. The summed E-state index contributed by atoms with van der Waals surface area (Å²) in [6, 6.07) is 0. The molecule has 0 aromatic heterocycles. The molecule has 0 fully saturated rings. The third-order valence-corrected chi connectivity index (χ3v) is 4.94. The summed E-state index contributed by atoms with van der Waals surface area (Å²) in [6.45, 7) is 14.0. The number of hydrogen-bond donors (Lipinski definition) is 0. The van der Waals surface area contributed by atoms with Crippen LogP contribution < -0.4 is 0 Å². The van der Waals surface area contributed by atoms with Crippen molar-refractivity contribution in [2.75, 3.05) is 25.9 Å². The molecule has 0 aromatic rings. The van der Waals surface area contributed by atoms with E-state index in [0.717, 1.165) is 32.2 Å². The SMILES string of the molecule is CC(C)(C)COP(=O)(CCCCCCN=C=S)OCC(C)(C)C. The van der Waals surface area contributed by atoms with Gasteiger partial charge in [0.05, 0.1) is 24.5 Å². The second-order valence-corrected chi connectivity index (χ2v) is 10.8. The van der Waals surface area contributed by atoms with Gasteiger partial charge in [0, 0.05) is 6.54 Å². The summed E-state index contributed by atoms with van der Waals surface area (Å²) in [6.07, 6.45) is 4.34. The largest absolute Gasteiger partial charge is 0.330 e. The summed E-state index contributed by atoms with van der Waals surface area (Å²) >= 11 is 4.53. The van der Waals surface area contributed by atoms with Crippen molar-refractivity contribution in [1.82, 2.24) is 0 Å². The van der Waals surface area contributed by atoms with Crippen LogP contribution in [0.1, 0.15) is 67.2 Å². The monoisotopic (exact) mass is 363 g/mol. The molecule has 0 unspecified atom stereocenters. The first kappa shape index (κ1) is 22.9. The normalized spacial score (nSPS) is 13.0. The second kappa shape index (κ2) is 10.7. The molecule has 0 atom stereocenters. The van der Waals surface area contributed by atoms with Crippen LogP contribution in [0.5, 0.6) is 0 Å². The van der Waals surface area contributed by atoms with Gasteiger partial charge in [-0.15, -0.1) is 0 Å². The summed E-state index contributed by atoms with van der Waals surface area (Å²) < 4.78 is 24.4. The molecule has 0 radical (unpaired) electrons. The molecule has 23 heavy (non-hydrogen) atoms. The number of nitrogens with zero attached hydrogens (tertiary/aromatic N) is 1. The Hall–Kier alpha value is -0.0500. The van der Waals surface area contributed by atoms with Gasteiger partial charge < -0.3 is 9.05 Å². The Morgan fingerprint density at radius 2 is 1.39 bits per heavy atom. The van der Waals surface area contributed by atoms with E-state index in [2.05, 4.69) is 63.9 Å². The van der Waals surface area contributed by atoms with Crippen LogP contribution in [0.3, 0.4) is 0 Å². The lowest BCUT2D eigenvalue weighted by atomic mass is 9.99. The van der Waals surface area contributed by atoms with Crippen molar-refractivity contribution >= 4 is 25.0 Å². The molecule has 0 aliphatic rings. The van der Waals surface area contributed by atoms with E-state index in [1.807, 2.05) is 0 Å². The van der Waals surface area contributed by atoms with Gasteiger partial charge in [-0.1, -0.05) is 54.4 Å².